The first-order chi connectivity index (χ1) is 15.9. The number of nitrogens with zero attached hydrogens (tertiary/aromatic N) is 6. The molecule has 0 bridgehead atoms. The molecule has 0 N–H and O–H groups in total. The number of aromatic nitrogens is 6. The van der Waals surface area contributed by atoms with E-state index >= 15 is 0 Å². The average molecular weight is 444 g/mol. The van der Waals surface area contributed by atoms with Gasteiger partial charge in [0, 0.05) is 19.7 Å². The summed E-state index contributed by atoms with van der Waals surface area (Å²) in [6.45, 7) is 4.96. The molecule has 5 aromatic rings. The lowest BCUT2D eigenvalue weighted by molar-refractivity contribution is 0.340. The number of hydrogen-bond acceptors (Lipinski definition) is 5. The number of rotatable bonds is 5. The number of fused-ring (bicyclic) bond motifs is 3. The van der Waals surface area contributed by atoms with Crippen molar-refractivity contribution in [1.29, 1.82) is 0 Å². The minimum absolute atomic E-state index is 0.371. The molecule has 0 aliphatic carbocycles. The Kier molecular flexibility index (Phi) is 4.88. The van der Waals surface area contributed by atoms with E-state index in [1.807, 2.05) is 66.9 Å². The second-order valence-electron chi connectivity index (χ2n) is 8.01. The molecule has 3 heterocycles. The minimum atomic E-state index is -0.409. The predicted molar refractivity (Wildman–Crippen MR) is 126 cm³/mol. The van der Waals surface area contributed by atoms with Crippen molar-refractivity contribution in [3.63, 3.8) is 0 Å². The van der Waals surface area contributed by atoms with Gasteiger partial charge in [0.2, 0.25) is 5.78 Å². The molecule has 9 heteroatoms. The molecule has 0 unspecified atom stereocenters. The van der Waals surface area contributed by atoms with Crippen LogP contribution in [0.2, 0.25) is 0 Å². The molecule has 0 saturated heterocycles. The molecule has 0 saturated carbocycles. The fourth-order valence-electron chi connectivity index (χ4n) is 4.22. The van der Waals surface area contributed by atoms with Crippen molar-refractivity contribution in [2.24, 2.45) is 14.1 Å². The fraction of sp³-hybridized carbons (Fsp3) is 0.250. The van der Waals surface area contributed by atoms with E-state index in [1.165, 1.54) is 11.6 Å². The van der Waals surface area contributed by atoms with Gasteiger partial charge in [-0.05, 0) is 49.2 Å². The molecule has 0 radical (unpaired) electrons. The van der Waals surface area contributed by atoms with Gasteiger partial charge in [-0.15, -0.1) is 10.2 Å². The van der Waals surface area contributed by atoms with Crippen LogP contribution in [0.3, 0.4) is 0 Å². The van der Waals surface area contributed by atoms with Gasteiger partial charge in [0.15, 0.2) is 17.0 Å². The van der Waals surface area contributed by atoms with Crippen LogP contribution >= 0.6 is 0 Å². The van der Waals surface area contributed by atoms with E-state index in [-0.39, 0.29) is 5.56 Å². The van der Waals surface area contributed by atoms with Crippen molar-refractivity contribution >= 4 is 16.9 Å². The maximum absolute atomic E-state index is 13.3. The largest absolute Gasteiger partial charge is 0.494 e. The molecule has 0 aliphatic heterocycles. The van der Waals surface area contributed by atoms with Gasteiger partial charge in [0.05, 0.1) is 13.2 Å². The molecular formula is C24H24N6O3. The molecular weight excluding hydrogens is 420 g/mol. The monoisotopic (exact) mass is 444 g/mol. The van der Waals surface area contributed by atoms with Gasteiger partial charge in [-0.25, -0.2) is 9.20 Å². The van der Waals surface area contributed by atoms with Gasteiger partial charge in [0.1, 0.15) is 5.75 Å². The highest BCUT2D eigenvalue weighted by Crippen LogP contribution is 2.26. The molecule has 0 aliphatic rings. The van der Waals surface area contributed by atoms with E-state index < -0.39 is 5.69 Å². The summed E-state index contributed by atoms with van der Waals surface area (Å²) < 4.78 is 11.8. The van der Waals surface area contributed by atoms with Crippen LogP contribution in [0.1, 0.15) is 18.1 Å². The Morgan fingerprint density at radius 2 is 1.67 bits per heavy atom. The Hall–Kier alpha value is -4.14. The molecule has 33 heavy (non-hydrogen) atoms. The summed E-state index contributed by atoms with van der Waals surface area (Å²) in [6.07, 6.45) is 0. The third-order valence-corrected chi connectivity index (χ3v) is 5.99. The second kappa shape index (κ2) is 7.77. The maximum atomic E-state index is 13.3. The summed E-state index contributed by atoms with van der Waals surface area (Å²) in [7, 11) is 3.15. The molecule has 3 aromatic heterocycles. The molecule has 5 rings (SSSR count). The molecule has 0 spiro atoms. The van der Waals surface area contributed by atoms with Crippen LogP contribution < -0.4 is 16.0 Å². The lowest BCUT2D eigenvalue weighted by atomic mass is 10.1. The zero-order valence-electron chi connectivity index (χ0n) is 18.9. The highest BCUT2D eigenvalue weighted by Gasteiger charge is 2.24. The van der Waals surface area contributed by atoms with E-state index in [9.17, 15) is 9.59 Å². The summed E-state index contributed by atoms with van der Waals surface area (Å²) in [5.74, 6) is 1.80. The van der Waals surface area contributed by atoms with Crippen molar-refractivity contribution < 1.29 is 4.74 Å². The second-order valence-corrected chi connectivity index (χ2v) is 8.01. The predicted octanol–water partition coefficient (Wildman–Crippen LogP) is 2.50. The number of benzene rings is 2. The molecule has 0 atom stereocenters. The highest BCUT2D eigenvalue weighted by molar-refractivity contribution is 5.80. The van der Waals surface area contributed by atoms with Crippen molar-refractivity contribution in [1.82, 2.24) is 28.3 Å². The van der Waals surface area contributed by atoms with Crippen LogP contribution in [-0.4, -0.2) is 34.9 Å². The number of hydrogen-bond donors (Lipinski definition) is 0. The Bertz CT molecular complexity index is 1620. The van der Waals surface area contributed by atoms with Crippen LogP contribution in [0.5, 0.6) is 5.75 Å². The quantitative estimate of drug-likeness (QED) is 0.416. The van der Waals surface area contributed by atoms with Crippen molar-refractivity contribution in [3.05, 3.63) is 80.5 Å². The first kappa shape index (κ1) is 20.7. The van der Waals surface area contributed by atoms with Crippen LogP contribution in [0, 0.1) is 6.92 Å². The molecule has 0 amide bonds. The summed E-state index contributed by atoms with van der Waals surface area (Å²) in [4.78, 5) is 26.1. The fourth-order valence-corrected chi connectivity index (χ4v) is 4.22. The van der Waals surface area contributed by atoms with Gasteiger partial charge in [-0.2, -0.15) is 0 Å². The van der Waals surface area contributed by atoms with Crippen molar-refractivity contribution in [2.75, 3.05) is 6.61 Å². The summed E-state index contributed by atoms with van der Waals surface area (Å²) in [5.41, 5.74) is 3.04. The first-order valence-electron chi connectivity index (χ1n) is 10.7. The Balaban J connectivity index is 1.84. The third kappa shape index (κ3) is 3.15. The molecule has 0 fully saturated rings. The minimum Gasteiger partial charge on any atom is -0.494 e. The molecule has 9 nitrogen and oxygen atoms in total. The normalized spacial score (nSPS) is 11.5. The van der Waals surface area contributed by atoms with E-state index in [2.05, 4.69) is 10.2 Å². The third-order valence-electron chi connectivity index (χ3n) is 5.99. The SMILES string of the molecule is CCOc1ccc(-c2nnc3n(Cc4ccccc4C)c4c(=O)n(C)c(=O)n(C)c4n23)cc1. The summed E-state index contributed by atoms with van der Waals surface area (Å²) in [5, 5.41) is 8.87. The summed E-state index contributed by atoms with van der Waals surface area (Å²) in [6, 6.07) is 15.5. The zero-order chi connectivity index (χ0) is 23.3. The van der Waals surface area contributed by atoms with Gasteiger partial charge >= 0.3 is 5.69 Å². The number of imidazole rings is 1. The van der Waals surface area contributed by atoms with Gasteiger partial charge in [-0.3, -0.25) is 18.5 Å². The zero-order valence-corrected chi connectivity index (χ0v) is 18.9. The van der Waals surface area contributed by atoms with Crippen LogP contribution in [0.15, 0.2) is 58.1 Å². The Labute approximate surface area is 189 Å². The number of aryl methyl sites for hydroxylation is 2. The Morgan fingerprint density at radius 1 is 0.939 bits per heavy atom. The van der Waals surface area contributed by atoms with Crippen LogP contribution in [0.25, 0.3) is 28.3 Å². The highest BCUT2D eigenvalue weighted by atomic mass is 16.5. The average Bonchev–Trinajstić information content (AvgIpc) is 3.37. The van der Waals surface area contributed by atoms with Crippen molar-refractivity contribution in [3.8, 4) is 17.1 Å². The maximum Gasteiger partial charge on any atom is 0.332 e. The molecule has 168 valence electrons. The van der Waals surface area contributed by atoms with Crippen molar-refractivity contribution in [2.45, 2.75) is 20.4 Å². The lowest BCUT2D eigenvalue weighted by Gasteiger charge is -2.09. The van der Waals surface area contributed by atoms with E-state index in [4.69, 9.17) is 4.74 Å². The van der Waals surface area contributed by atoms with E-state index in [0.29, 0.717) is 35.9 Å². The summed E-state index contributed by atoms with van der Waals surface area (Å²) >= 11 is 0. The van der Waals surface area contributed by atoms with E-state index in [0.717, 1.165) is 27.0 Å². The van der Waals surface area contributed by atoms with Gasteiger partial charge in [0.25, 0.3) is 5.56 Å². The van der Waals surface area contributed by atoms with Crippen LogP contribution in [0.4, 0.5) is 0 Å². The van der Waals surface area contributed by atoms with E-state index in [1.54, 1.807) is 11.4 Å². The lowest BCUT2D eigenvalue weighted by Crippen LogP contribution is -2.37. The molecule has 2 aromatic carbocycles. The van der Waals surface area contributed by atoms with Gasteiger partial charge in [-0.1, -0.05) is 24.3 Å². The standard InChI is InChI=1S/C24H24N6O3/c1-5-33-18-12-10-16(11-13-18)20-25-26-23-29(14-17-9-7-6-8-15(17)2)19-21(30(20)23)27(3)24(32)28(4)22(19)31/h6-13H,5,14H2,1-4H3. The smallest absolute Gasteiger partial charge is 0.332 e. The number of ether oxygens (including phenoxy) is 1. The first-order valence-corrected chi connectivity index (χ1v) is 10.7. The van der Waals surface area contributed by atoms with Gasteiger partial charge < -0.3 is 4.74 Å². The topological polar surface area (TPSA) is 88.3 Å². The van der Waals surface area contributed by atoms with Crippen LogP contribution in [-0.2, 0) is 20.6 Å². The Morgan fingerprint density at radius 3 is 2.36 bits per heavy atom.